The smallest absolute Gasteiger partial charge is 0.264 e. The van der Waals surface area contributed by atoms with E-state index in [-0.39, 0.29) is 5.92 Å². The minimum Gasteiger partial charge on any atom is -0.266 e. The topological polar surface area (TPSA) is 43.4 Å². The monoisotopic (exact) mass is 310 g/mol. The number of thiophene rings is 1. The van der Waals surface area contributed by atoms with E-state index in [1.807, 2.05) is 48.7 Å². The van der Waals surface area contributed by atoms with E-state index in [4.69, 9.17) is 4.18 Å². The van der Waals surface area contributed by atoms with Crippen LogP contribution >= 0.6 is 11.3 Å². The van der Waals surface area contributed by atoms with Gasteiger partial charge in [0.1, 0.15) is 0 Å². The number of hydrogen-bond donors (Lipinski definition) is 0. The van der Waals surface area contributed by atoms with Crippen LogP contribution in [0.15, 0.2) is 41.8 Å². The lowest BCUT2D eigenvalue weighted by molar-refractivity contribution is 0.214. The van der Waals surface area contributed by atoms with Crippen molar-refractivity contribution in [2.45, 2.75) is 25.9 Å². The van der Waals surface area contributed by atoms with Gasteiger partial charge in [0.2, 0.25) is 0 Å². The molecule has 1 aromatic heterocycles. The van der Waals surface area contributed by atoms with E-state index >= 15 is 0 Å². The van der Waals surface area contributed by atoms with Gasteiger partial charge in [-0.2, -0.15) is 8.42 Å². The minimum atomic E-state index is -3.47. The van der Waals surface area contributed by atoms with Gasteiger partial charge >= 0.3 is 0 Å². The van der Waals surface area contributed by atoms with Crippen molar-refractivity contribution in [1.82, 2.24) is 0 Å². The molecule has 2 unspecified atom stereocenters. The molecule has 2 atom stereocenters. The maximum absolute atomic E-state index is 11.4. The van der Waals surface area contributed by atoms with Gasteiger partial charge in [-0.3, -0.25) is 4.18 Å². The van der Waals surface area contributed by atoms with Gasteiger partial charge in [-0.15, -0.1) is 11.3 Å². The summed E-state index contributed by atoms with van der Waals surface area (Å²) in [6, 6.07) is 12.1. The first kappa shape index (κ1) is 15.2. The molecule has 0 aliphatic heterocycles. The van der Waals surface area contributed by atoms with Crippen LogP contribution in [0, 0.1) is 6.92 Å². The Hall–Kier alpha value is -1.17. The van der Waals surface area contributed by atoms with Crippen molar-refractivity contribution in [3.8, 4) is 0 Å². The van der Waals surface area contributed by atoms with Crippen molar-refractivity contribution in [2.24, 2.45) is 0 Å². The molecule has 0 amide bonds. The van der Waals surface area contributed by atoms with Crippen LogP contribution in [0.3, 0.4) is 0 Å². The van der Waals surface area contributed by atoms with E-state index in [9.17, 15) is 8.42 Å². The molecule has 0 aliphatic carbocycles. The molecule has 0 N–H and O–H groups in total. The van der Waals surface area contributed by atoms with Gasteiger partial charge < -0.3 is 0 Å². The number of hydrogen-bond acceptors (Lipinski definition) is 4. The standard InChI is InChI=1S/C15H18O3S2/c1-11-6-8-13(9-7-11)15(14-5-4-10-19-14)12(2)18-20(3,16)17/h4-10,12,15H,1-3H3. The Labute approximate surface area is 124 Å². The molecular formula is C15H18O3S2. The Kier molecular flexibility index (Phi) is 4.62. The summed E-state index contributed by atoms with van der Waals surface area (Å²) < 4.78 is 28.0. The molecular weight excluding hydrogens is 292 g/mol. The second-order valence-electron chi connectivity index (χ2n) is 4.91. The van der Waals surface area contributed by atoms with Gasteiger partial charge in [0.25, 0.3) is 10.1 Å². The van der Waals surface area contributed by atoms with Crippen LogP contribution in [0.5, 0.6) is 0 Å². The fraction of sp³-hybridized carbons (Fsp3) is 0.333. The van der Waals surface area contributed by atoms with Crippen LogP contribution in [-0.2, 0) is 14.3 Å². The lowest BCUT2D eigenvalue weighted by atomic mass is 9.92. The van der Waals surface area contributed by atoms with E-state index in [0.29, 0.717) is 0 Å². The summed E-state index contributed by atoms with van der Waals surface area (Å²) in [5.74, 6) is -0.0784. The molecule has 108 valence electrons. The summed E-state index contributed by atoms with van der Waals surface area (Å²) >= 11 is 1.61. The van der Waals surface area contributed by atoms with Gasteiger partial charge in [-0.25, -0.2) is 0 Å². The Morgan fingerprint density at radius 1 is 1.15 bits per heavy atom. The van der Waals surface area contributed by atoms with Crippen molar-refractivity contribution in [3.05, 3.63) is 57.8 Å². The second kappa shape index (κ2) is 6.08. The predicted molar refractivity (Wildman–Crippen MR) is 82.7 cm³/mol. The molecule has 0 spiro atoms. The molecule has 0 bridgehead atoms. The lowest BCUT2D eigenvalue weighted by Gasteiger charge is -2.23. The summed E-state index contributed by atoms with van der Waals surface area (Å²) in [6.45, 7) is 3.83. The Balaban J connectivity index is 2.37. The predicted octanol–water partition coefficient (Wildman–Crippen LogP) is 3.55. The van der Waals surface area contributed by atoms with Gasteiger partial charge in [0.15, 0.2) is 0 Å². The molecule has 0 saturated heterocycles. The Bertz CT molecular complexity index is 643. The molecule has 0 saturated carbocycles. The first-order chi connectivity index (χ1) is 9.37. The third-order valence-electron chi connectivity index (χ3n) is 3.08. The summed E-state index contributed by atoms with van der Waals surface area (Å²) in [7, 11) is -3.47. The van der Waals surface area contributed by atoms with E-state index in [1.54, 1.807) is 18.3 Å². The van der Waals surface area contributed by atoms with Gasteiger partial charge in [0, 0.05) is 10.8 Å². The van der Waals surface area contributed by atoms with Crippen LogP contribution in [0.2, 0.25) is 0 Å². The van der Waals surface area contributed by atoms with E-state index < -0.39 is 16.2 Å². The molecule has 20 heavy (non-hydrogen) atoms. The summed E-state index contributed by atoms with van der Waals surface area (Å²) in [5.41, 5.74) is 2.24. The van der Waals surface area contributed by atoms with Crippen molar-refractivity contribution < 1.29 is 12.6 Å². The maximum atomic E-state index is 11.4. The van der Waals surface area contributed by atoms with E-state index in [0.717, 1.165) is 16.7 Å². The molecule has 5 heteroatoms. The van der Waals surface area contributed by atoms with Crippen LogP contribution < -0.4 is 0 Å². The van der Waals surface area contributed by atoms with Gasteiger partial charge in [-0.05, 0) is 30.9 Å². The molecule has 0 radical (unpaired) electrons. The zero-order valence-electron chi connectivity index (χ0n) is 11.7. The molecule has 1 aromatic carbocycles. The molecule has 0 aliphatic rings. The fourth-order valence-corrected chi connectivity index (χ4v) is 3.85. The molecule has 0 fully saturated rings. The quantitative estimate of drug-likeness (QED) is 0.793. The van der Waals surface area contributed by atoms with Crippen LogP contribution in [-0.4, -0.2) is 20.8 Å². The fourth-order valence-electron chi connectivity index (χ4n) is 2.24. The van der Waals surface area contributed by atoms with Crippen LogP contribution in [0.25, 0.3) is 0 Å². The molecule has 2 rings (SSSR count). The van der Waals surface area contributed by atoms with Crippen LogP contribution in [0.1, 0.15) is 28.8 Å². The highest BCUT2D eigenvalue weighted by molar-refractivity contribution is 7.86. The maximum Gasteiger partial charge on any atom is 0.264 e. The SMILES string of the molecule is Cc1ccc(C(c2cccs2)C(C)OS(C)(=O)=O)cc1. The molecule has 3 nitrogen and oxygen atoms in total. The zero-order valence-corrected chi connectivity index (χ0v) is 13.4. The second-order valence-corrected chi connectivity index (χ2v) is 7.49. The first-order valence-electron chi connectivity index (χ1n) is 6.35. The minimum absolute atomic E-state index is 0.0784. The Morgan fingerprint density at radius 3 is 2.30 bits per heavy atom. The van der Waals surface area contributed by atoms with E-state index in [1.165, 1.54) is 5.56 Å². The summed E-state index contributed by atoms with van der Waals surface area (Å²) in [6.07, 6.45) is 0.649. The van der Waals surface area contributed by atoms with Crippen molar-refractivity contribution >= 4 is 21.5 Å². The largest absolute Gasteiger partial charge is 0.266 e. The first-order valence-corrected chi connectivity index (χ1v) is 9.04. The highest BCUT2D eigenvalue weighted by Crippen LogP contribution is 2.33. The number of benzene rings is 1. The van der Waals surface area contributed by atoms with Crippen molar-refractivity contribution in [2.75, 3.05) is 6.26 Å². The third kappa shape index (κ3) is 3.91. The summed E-state index contributed by atoms with van der Waals surface area (Å²) in [5, 5.41) is 1.99. The van der Waals surface area contributed by atoms with Crippen molar-refractivity contribution in [3.63, 3.8) is 0 Å². The van der Waals surface area contributed by atoms with Crippen LogP contribution in [0.4, 0.5) is 0 Å². The zero-order chi connectivity index (χ0) is 14.8. The normalized spacial score (nSPS) is 14.9. The van der Waals surface area contributed by atoms with Crippen molar-refractivity contribution in [1.29, 1.82) is 0 Å². The molecule has 2 aromatic rings. The highest BCUT2D eigenvalue weighted by Gasteiger charge is 2.25. The average Bonchev–Trinajstić information content (AvgIpc) is 2.83. The summed E-state index contributed by atoms with van der Waals surface area (Å²) in [4.78, 5) is 1.10. The third-order valence-corrected chi connectivity index (χ3v) is 4.69. The molecule has 1 heterocycles. The average molecular weight is 310 g/mol. The highest BCUT2D eigenvalue weighted by atomic mass is 32.2. The van der Waals surface area contributed by atoms with E-state index in [2.05, 4.69) is 0 Å². The Morgan fingerprint density at radius 2 is 1.80 bits per heavy atom. The van der Waals surface area contributed by atoms with Gasteiger partial charge in [-0.1, -0.05) is 35.9 Å². The number of aryl methyl sites for hydroxylation is 1. The van der Waals surface area contributed by atoms with Gasteiger partial charge in [0.05, 0.1) is 12.4 Å². The lowest BCUT2D eigenvalue weighted by Crippen LogP contribution is -2.22. The number of rotatable bonds is 5.